The van der Waals surface area contributed by atoms with Gasteiger partial charge in [0.05, 0.1) is 0 Å². The highest BCUT2D eigenvalue weighted by atomic mass is 15.2. The molecule has 0 aromatic heterocycles. The zero-order valence-electron chi connectivity index (χ0n) is 15.0. The van der Waals surface area contributed by atoms with Gasteiger partial charge in [0.1, 0.15) is 5.84 Å². The number of likely N-dealkylation sites (tertiary alicyclic amines) is 1. The molecule has 132 valence electrons. The fourth-order valence-electron chi connectivity index (χ4n) is 3.53. The molecule has 4 heteroatoms. The zero-order chi connectivity index (χ0) is 17.6. The molecule has 2 aromatic rings. The lowest BCUT2D eigenvalue weighted by atomic mass is 10.0. The van der Waals surface area contributed by atoms with Gasteiger partial charge >= 0.3 is 0 Å². The largest absolute Gasteiger partial charge is 0.385 e. The lowest BCUT2D eigenvalue weighted by Crippen LogP contribution is -2.28. The maximum Gasteiger partial charge on any atom is 0.123 e. The molecule has 4 nitrogen and oxygen atoms in total. The second kappa shape index (κ2) is 8.17. The van der Waals surface area contributed by atoms with Gasteiger partial charge in [0, 0.05) is 19.0 Å². The number of nitrogens with two attached hydrogens (primary N) is 2. The SMILES string of the molecule is CC1CCCN1CCc1ccc(-c2ccc(C/C(N)=N/N)cc2)cc1. The molecule has 3 rings (SSSR count). The Bertz CT molecular complexity index is 704. The maximum absolute atomic E-state index is 5.67. The van der Waals surface area contributed by atoms with Crippen LogP contribution in [-0.4, -0.2) is 29.9 Å². The summed E-state index contributed by atoms with van der Waals surface area (Å²) >= 11 is 0. The van der Waals surface area contributed by atoms with E-state index in [0.717, 1.165) is 18.0 Å². The summed E-state index contributed by atoms with van der Waals surface area (Å²) in [7, 11) is 0. The first-order chi connectivity index (χ1) is 12.2. The van der Waals surface area contributed by atoms with Crippen molar-refractivity contribution >= 4 is 5.84 Å². The van der Waals surface area contributed by atoms with E-state index in [0.29, 0.717) is 12.3 Å². The number of benzene rings is 2. The Labute approximate surface area is 150 Å². The predicted molar refractivity (Wildman–Crippen MR) is 105 cm³/mol. The highest BCUT2D eigenvalue weighted by Crippen LogP contribution is 2.22. The Kier molecular flexibility index (Phi) is 5.71. The topological polar surface area (TPSA) is 67.6 Å². The summed E-state index contributed by atoms with van der Waals surface area (Å²) in [6.07, 6.45) is 4.41. The minimum absolute atomic E-state index is 0.449. The fraction of sp³-hybridized carbons (Fsp3) is 0.381. The van der Waals surface area contributed by atoms with E-state index in [1.54, 1.807) is 0 Å². The summed E-state index contributed by atoms with van der Waals surface area (Å²) in [6.45, 7) is 4.76. The molecule has 0 amide bonds. The minimum atomic E-state index is 0.449. The average Bonchev–Trinajstić information content (AvgIpc) is 3.06. The van der Waals surface area contributed by atoms with Gasteiger partial charge in [0.2, 0.25) is 0 Å². The van der Waals surface area contributed by atoms with E-state index < -0.39 is 0 Å². The summed E-state index contributed by atoms with van der Waals surface area (Å²) < 4.78 is 0. The number of hydrogen-bond donors (Lipinski definition) is 2. The molecule has 0 bridgehead atoms. The standard InChI is InChI=1S/C21H28N4/c1-16-3-2-13-25(16)14-12-17-4-8-19(9-5-17)20-10-6-18(7-11-20)15-21(22)24-23/h4-11,16H,2-3,12-15,23H2,1H3,(H2,22,24). The normalized spacial score (nSPS) is 18.6. The number of nitrogens with zero attached hydrogens (tertiary/aromatic N) is 2. The van der Waals surface area contributed by atoms with Gasteiger partial charge in [-0.05, 0) is 55.0 Å². The van der Waals surface area contributed by atoms with Crippen molar-refractivity contribution in [2.45, 2.75) is 38.6 Å². The summed E-state index contributed by atoms with van der Waals surface area (Å²) in [5, 5.41) is 3.52. The quantitative estimate of drug-likeness (QED) is 0.368. The summed E-state index contributed by atoms with van der Waals surface area (Å²) in [4.78, 5) is 2.60. The van der Waals surface area contributed by atoms with Crippen molar-refractivity contribution in [3.8, 4) is 11.1 Å². The highest BCUT2D eigenvalue weighted by Gasteiger charge is 2.19. The van der Waals surface area contributed by atoms with Crippen LogP contribution in [0.5, 0.6) is 0 Å². The molecule has 0 spiro atoms. The molecule has 1 unspecified atom stereocenters. The molecule has 1 aliphatic rings. The van der Waals surface area contributed by atoms with Crippen LogP contribution in [0.1, 0.15) is 30.9 Å². The fourth-order valence-corrected chi connectivity index (χ4v) is 3.53. The number of amidine groups is 1. The molecular formula is C21H28N4. The number of rotatable bonds is 6. The molecule has 2 aromatic carbocycles. The Balaban J connectivity index is 1.60. The minimum Gasteiger partial charge on any atom is -0.385 e. The molecule has 1 aliphatic heterocycles. The summed E-state index contributed by atoms with van der Waals surface area (Å²) in [6, 6.07) is 18.1. The van der Waals surface area contributed by atoms with E-state index in [1.807, 2.05) is 0 Å². The van der Waals surface area contributed by atoms with E-state index in [-0.39, 0.29) is 0 Å². The van der Waals surface area contributed by atoms with E-state index >= 15 is 0 Å². The van der Waals surface area contributed by atoms with Gasteiger partial charge in [-0.25, -0.2) is 0 Å². The summed E-state index contributed by atoms with van der Waals surface area (Å²) in [5.41, 5.74) is 10.7. The average molecular weight is 336 g/mol. The van der Waals surface area contributed by atoms with Crippen molar-refractivity contribution in [2.75, 3.05) is 13.1 Å². The Hall–Kier alpha value is -2.33. The maximum atomic E-state index is 5.67. The molecule has 4 N–H and O–H groups in total. The zero-order valence-corrected chi connectivity index (χ0v) is 15.0. The van der Waals surface area contributed by atoms with Crippen LogP contribution in [0.2, 0.25) is 0 Å². The number of hydrazone groups is 1. The van der Waals surface area contributed by atoms with E-state index in [1.165, 1.54) is 42.6 Å². The lowest BCUT2D eigenvalue weighted by Gasteiger charge is -2.20. The van der Waals surface area contributed by atoms with Crippen LogP contribution >= 0.6 is 0 Å². The highest BCUT2D eigenvalue weighted by molar-refractivity contribution is 5.82. The van der Waals surface area contributed by atoms with Crippen LogP contribution in [0.3, 0.4) is 0 Å². The monoisotopic (exact) mass is 336 g/mol. The van der Waals surface area contributed by atoms with Crippen molar-refractivity contribution in [2.24, 2.45) is 16.7 Å². The molecule has 1 fully saturated rings. The van der Waals surface area contributed by atoms with Crippen molar-refractivity contribution in [3.63, 3.8) is 0 Å². The van der Waals surface area contributed by atoms with Crippen LogP contribution in [-0.2, 0) is 12.8 Å². The molecule has 0 radical (unpaired) electrons. The van der Waals surface area contributed by atoms with Gasteiger partial charge in [0.15, 0.2) is 0 Å². The van der Waals surface area contributed by atoms with Gasteiger partial charge in [-0.1, -0.05) is 48.5 Å². The van der Waals surface area contributed by atoms with Gasteiger partial charge in [-0.15, -0.1) is 0 Å². The molecule has 0 aliphatic carbocycles. The van der Waals surface area contributed by atoms with Gasteiger partial charge in [-0.3, -0.25) is 0 Å². The molecule has 1 saturated heterocycles. The Morgan fingerprint density at radius 2 is 1.64 bits per heavy atom. The molecule has 25 heavy (non-hydrogen) atoms. The molecule has 1 atom stereocenters. The van der Waals surface area contributed by atoms with E-state index in [2.05, 4.69) is 65.5 Å². The van der Waals surface area contributed by atoms with E-state index in [9.17, 15) is 0 Å². The van der Waals surface area contributed by atoms with Crippen LogP contribution in [0.25, 0.3) is 11.1 Å². The van der Waals surface area contributed by atoms with Crippen LogP contribution < -0.4 is 11.6 Å². The third-order valence-corrected chi connectivity index (χ3v) is 5.17. The molecule has 0 saturated carbocycles. The van der Waals surface area contributed by atoms with Gasteiger partial charge in [-0.2, -0.15) is 5.10 Å². The van der Waals surface area contributed by atoms with Crippen molar-refractivity contribution in [3.05, 3.63) is 59.7 Å². The lowest BCUT2D eigenvalue weighted by molar-refractivity contribution is 0.272. The van der Waals surface area contributed by atoms with E-state index in [4.69, 9.17) is 11.6 Å². The molecular weight excluding hydrogens is 308 g/mol. The van der Waals surface area contributed by atoms with Crippen molar-refractivity contribution in [1.82, 2.24) is 4.90 Å². The van der Waals surface area contributed by atoms with Crippen LogP contribution in [0.15, 0.2) is 53.6 Å². The van der Waals surface area contributed by atoms with Crippen LogP contribution in [0, 0.1) is 0 Å². The predicted octanol–water partition coefficient (Wildman–Crippen LogP) is 3.15. The second-order valence-corrected chi connectivity index (χ2v) is 6.97. The molecule has 1 heterocycles. The first-order valence-electron chi connectivity index (χ1n) is 9.10. The number of hydrogen-bond acceptors (Lipinski definition) is 3. The van der Waals surface area contributed by atoms with Crippen molar-refractivity contribution in [1.29, 1.82) is 0 Å². The third kappa shape index (κ3) is 4.60. The Morgan fingerprint density at radius 3 is 2.16 bits per heavy atom. The van der Waals surface area contributed by atoms with Crippen molar-refractivity contribution < 1.29 is 0 Å². The smallest absolute Gasteiger partial charge is 0.123 e. The second-order valence-electron chi connectivity index (χ2n) is 6.97. The summed E-state index contributed by atoms with van der Waals surface area (Å²) in [5.74, 6) is 5.64. The van der Waals surface area contributed by atoms with Crippen LogP contribution in [0.4, 0.5) is 0 Å². The first-order valence-corrected chi connectivity index (χ1v) is 9.10. The van der Waals surface area contributed by atoms with Gasteiger partial charge < -0.3 is 16.5 Å². The first kappa shape index (κ1) is 17.5. The third-order valence-electron chi connectivity index (χ3n) is 5.17. The van der Waals surface area contributed by atoms with Gasteiger partial charge in [0.25, 0.3) is 0 Å². The Morgan fingerprint density at radius 1 is 1.04 bits per heavy atom.